The van der Waals surface area contributed by atoms with E-state index in [0.717, 1.165) is 4.88 Å². The first-order valence-electron chi connectivity index (χ1n) is 5.58. The summed E-state index contributed by atoms with van der Waals surface area (Å²) >= 11 is 13.1. The lowest BCUT2D eigenvalue weighted by Gasteiger charge is -2.02. The van der Waals surface area contributed by atoms with Gasteiger partial charge in [-0.2, -0.15) is 5.10 Å². The highest BCUT2D eigenvalue weighted by molar-refractivity contribution is 7.10. The fourth-order valence-electron chi connectivity index (χ4n) is 1.47. The Labute approximate surface area is 129 Å². The second-order valence-electron chi connectivity index (χ2n) is 3.87. The Morgan fingerprint density at radius 3 is 2.95 bits per heavy atom. The normalized spacial score (nSPS) is 10.9. The predicted molar refractivity (Wildman–Crippen MR) is 81.9 cm³/mol. The number of phenols is 1. The molecule has 1 aromatic heterocycles. The molecule has 7 heteroatoms. The van der Waals surface area contributed by atoms with Crippen molar-refractivity contribution in [2.24, 2.45) is 5.10 Å². The number of nitrogens with zero attached hydrogens (tertiary/aromatic N) is 1. The first-order valence-corrected chi connectivity index (χ1v) is 7.22. The van der Waals surface area contributed by atoms with E-state index in [0.29, 0.717) is 10.6 Å². The van der Waals surface area contributed by atoms with Crippen molar-refractivity contribution >= 4 is 46.7 Å². The predicted octanol–water partition coefficient (Wildman–Crippen LogP) is 3.45. The molecule has 104 valence electrons. The first kappa shape index (κ1) is 14.8. The van der Waals surface area contributed by atoms with Crippen LogP contribution in [0.4, 0.5) is 0 Å². The number of rotatable bonds is 4. The van der Waals surface area contributed by atoms with Crippen LogP contribution < -0.4 is 5.43 Å². The third-order valence-corrected chi connectivity index (χ3v) is 3.75. The third kappa shape index (κ3) is 3.96. The molecule has 2 aromatic rings. The number of thiophene rings is 1. The average molecular weight is 329 g/mol. The highest BCUT2D eigenvalue weighted by atomic mass is 35.5. The van der Waals surface area contributed by atoms with Crippen molar-refractivity contribution in [2.45, 2.75) is 6.42 Å². The number of hydrogen-bond donors (Lipinski definition) is 2. The number of phenolic OH excluding ortho intramolecular Hbond substituents is 1. The Morgan fingerprint density at radius 1 is 1.45 bits per heavy atom. The molecule has 20 heavy (non-hydrogen) atoms. The average Bonchev–Trinajstić information content (AvgIpc) is 2.87. The summed E-state index contributed by atoms with van der Waals surface area (Å²) in [5.41, 5.74) is 2.71. The van der Waals surface area contributed by atoms with Gasteiger partial charge in [-0.25, -0.2) is 5.43 Å². The van der Waals surface area contributed by atoms with Gasteiger partial charge in [0.05, 0.1) is 17.7 Å². The minimum Gasteiger partial charge on any atom is -0.506 e. The molecular formula is C13H10Cl2N2O2S. The summed E-state index contributed by atoms with van der Waals surface area (Å²) in [5, 5.41) is 15.9. The molecule has 0 bridgehead atoms. The number of nitrogens with one attached hydrogen (secondary N) is 1. The Balaban J connectivity index is 1.98. The molecule has 1 heterocycles. The van der Waals surface area contributed by atoms with Crippen molar-refractivity contribution in [2.75, 3.05) is 0 Å². The largest absolute Gasteiger partial charge is 0.506 e. The van der Waals surface area contributed by atoms with Crippen molar-refractivity contribution in [1.29, 1.82) is 0 Å². The minimum atomic E-state index is -0.240. The molecule has 0 atom stereocenters. The molecular weight excluding hydrogens is 319 g/mol. The second kappa shape index (κ2) is 6.74. The molecule has 0 fully saturated rings. The van der Waals surface area contributed by atoms with E-state index >= 15 is 0 Å². The van der Waals surface area contributed by atoms with Gasteiger partial charge in [0.2, 0.25) is 5.91 Å². The summed E-state index contributed by atoms with van der Waals surface area (Å²) < 4.78 is 0. The molecule has 0 unspecified atom stereocenters. The van der Waals surface area contributed by atoms with Gasteiger partial charge < -0.3 is 5.11 Å². The highest BCUT2D eigenvalue weighted by Gasteiger charge is 2.06. The van der Waals surface area contributed by atoms with E-state index in [1.807, 2.05) is 17.5 Å². The number of carbonyl (C=O) groups excluding carboxylic acids is 1. The SMILES string of the molecule is O=C(Cc1cccs1)N/N=C\c1cc(Cl)cc(Cl)c1O. The summed E-state index contributed by atoms with van der Waals surface area (Å²) in [5.74, 6) is -0.372. The van der Waals surface area contributed by atoms with Crippen LogP contribution in [0.2, 0.25) is 10.0 Å². The lowest BCUT2D eigenvalue weighted by molar-refractivity contribution is -0.120. The molecule has 0 saturated heterocycles. The molecule has 0 spiro atoms. The van der Waals surface area contributed by atoms with Crippen LogP contribution in [0, 0.1) is 0 Å². The summed E-state index contributed by atoms with van der Waals surface area (Å²) in [6.45, 7) is 0. The second-order valence-corrected chi connectivity index (χ2v) is 5.75. The van der Waals surface area contributed by atoms with Crippen LogP contribution in [0.1, 0.15) is 10.4 Å². The zero-order valence-electron chi connectivity index (χ0n) is 10.1. The van der Waals surface area contributed by atoms with E-state index < -0.39 is 0 Å². The molecule has 0 aliphatic carbocycles. The molecule has 2 rings (SSSR count). The number of benzene rings is 1. The van der Waals surface area contributed by atoms with E-state index in [4.69, 9.17) is 23.2 Å². The highest BCUT2D eigenvalue weighted by Crippen LogP contribution is 2.29. The van der Waals surface area contributed by atoms with Crippen LogP contribution in [-0.4, -0.2) is 17.2 Å². The van der Waals surface area contributed by atoms with Crippen LogP contribution in [0.3, 0.4) is 0 Å². The maximum atomic E-state index is 11.6. The van der Waals surface area contributed by atoms with E-state index in [1.54, 1.807) is 0 Å². The van der Waals surface area contributed by atoms with Gasteiger partial charge >= 0.3 is 0 Å². The van der Waals surface area contributed by atoms with Crippen molar-refractivity contribution in [3.8, 4) is 5.75 Å². The topological polar surface area (TPSA) is 61.7 Å². The van der Waals surface area contributed by atoms with Gasteiger partial charge in [-0.15, -0.1) is 11.3 Å². The monoisotopic (exact) mass is 328 g/mol. The molecule has 0 aliphatic rings. The van der Waals surface area contributed by atoms with Gasteiger partial charge in [-0.3, -0.25) is 4.79 Å². The van der Waals surface area contributed by atoms with E-state index in [2.05, 4.69) is 10.5 Å². The molecule has 0 radical (unpaired) electrons. The smallest absolute Gasteiger partial charge is 0.245 e. The number of amides is 1. The van der Waals surface area contributed by atoms with Gasteiger partial charge in [0.25, 0.3) is 0 Å². The Hall–Kier alpha value is -1.56. The van der Waals surface area contributed by atoms with Crippen LogP contribution in [0.25, 0.3) is 0 Å². The quantitative estimate of drug-likeness (QED) is 0.667. The van der Waals surface area contributed by atoms with Crippen LogP contribution >= 0.6 is 34.5 Å². The van der Waals surface area contributed by atoms with Crippen molar-refractivity contribution < 1.29 is 9.90 Å². The number of hydrogen-bond acceptors (Lipinski definition) is 4. The molecule has 1 aromatic carbocycles. The number of aromatic hydroxyl groups is 1. The number of hydrazone groups is 1. The maximum absolute atomic E-state index is 11.6. The van der Waals surface area contributed by atoms with E-state index in [1.165, 1.54) is 29.7 Å². The molecule has 0 aliphatic heterocycles. The van der Waals surface area contributed by atoms with E-state index in [-0.39, 0.29) is 23.1 Å². The first-order chi connectivity index (χ1) is 9.56. The Morgan fingerprint density at radius 2 is 2.25 bits per heavy atom. The number of halogens is 2. The Kier molecular flexibility index (Phi) is 5.00. The fraction of sp³-hybridized carbons (Fsp3) is 0.0769. The van der Waals surface area contributed by atoms with Crippen LogP contribution in [-0.2, 0) is 11.2 Å². The Bertz CT molecular complexity index is 642. The van der Waals surface area contributed by atoms with E-state index in [9.17, 15) is 9.90 Å². The zero-order valence-corrected chi connectivity index (χ0v) is 12.5. The lowest BCUT2D eigenvalue weighted by atomic mass is 10.2. The number of carbonyl (C=O) groups is 1. The summed E-state index contributed by atoms with van der Waals surface area (Å²) in [4.78, 5) is 12.5. The van der Waals surface area contributed by atoms with Crippen LogP contribution in [0.15, 0.2) is 34.7 Å². The fourth-order valence-corrected chi connectivity index (χ4v) is 2.68. The van der Waals surface area contributed by atoms with Crippen LogP contribution in [0.5, 0.6) is 5.75 Å². The van der Waals surface area contributed by atoms with Gasteiger partial charge in [0, 0.05) is 15.5 Å². The van der Waals surface area contributed by atoms with Crippen molar-refractivity contribution in [1.82, 2.24) is 5.43 Å². The molecule has 0 saturated carbocycles. The summed E-state index contributed by atoms with van der Waals surface area (Å²) in [6.07, 6.45) is 1.55. The lowest BCUT2D eigenvalue weighted by Crippen LogP contribution is -2.19. The van der Waals surface area contributed by atoms with Gasteiger partial charge in [-0.05, 0) is 23.6 Å². The summed E-state index contributed by atoms with van der Waals surface area (Å²) in [6, 6.07) is 6.67. The van der Waals surface area contributed by atoms with Crippen molar-refractivity contribution in [3.63, 3.8) is 0 Å². The van der Waals surface area contributed by atoms with Gasteiger partial charge in [0.1, 0.15) is 5.75 Å². The van der Waals surface area contributed by atoms with Gasteiger partial charge in [0.15, 0.2) is 0 Å². The summed E-state index contributed by atoms with van der Waals surface area (Å²) in [7, 11) is 0. The maximum Gasteiger partial charge on any atom is 0.245 e. The minimum absolute atomic E-state index is 0.129. The van der Waals surface area contributed by atoms with Crippen molar-refractivity contribution in [3.05, 3.63) is 50.1 Å². The standard InChI is InChI=1S/C13H10Cl2N2O2S/c14-9-4-8(13(19)11(15)5-9)7-16-17-12(18)6-10-2-1-3-20-10/h1-5,7,19H,6H2,(H,17,18)/b16-7-. The third-order valence-electron chi connectivity index (χ3n) is 2.37. The molecule has 1 amide bonds. The van der Waals surface area contributed by atoms with Gasteiger partial charge in [-0.1, -0.05) is 29.3 Å². The zero-order chi connectivity index (χ0) is 14.5. The molecule has 4 nitrogen and oxygen atoms in total. The molecule has 2 N–H and O–H groups in total.